The largest absolute Gasteiger partial charge is 0.366 e. The Morgan fingerprint density at radius 3 is 3.05 bits per heavy atom. The molecule has 2 aliphatic rings. The van der Waals surface area contributed by atoms with E-state index < -0.39 is 0 Å². The highest BCUT2D eigenvalue weighted by Crippen LogP contribution is 2.18. The Bertz CT molecular complexity index is 292. The summed E-state index contributed by atoms with van der Waals surface area (Å²) >= 11 is 0. The average Bonchev–Trinajstić information content (AvgIpc) is 2.45. The summed E-state index contributed by atoms with van der Waals surface area (Å²) in [6, 6.07) is 0. The van der Waals surface area contributed by atoms with Gasteiger partial charge in [0.15, 0.2) is 0 Å². The molecule has 0 saturated carbocycles. The third-order valence-electron chi connectivity index (χ3n) is 4.17. The minimum absolute atomic E-state index is 0.122. The van der Waals surface area contributed by atoms with Gasteiger partial charge in [-0.3, -0.25) is 4.79 Å². The summed E-state index contributed by atoms with van der Waals surface area (Å²) in [5.74, 6) is 0.857. The first-order valence-electron chi connectivity index (χ1n) is 7.42. The van der Waals surface area contributed by atoms with Crippen LogP contribution in [0.15, 0.2) is 0 Å². The number of hydrogen-bond acceptors (Lipinski definition) is 4. The molecule has 5 heteroatoms. The smallest absolute Gasteiger partial charge is 0.252 e. The number of carbonyl (C=O) groups excluding carboxylic acids is 1. The summed E-state index contributed by atoms with van der Waals surface area (Å²) in [5.41, 5.74) is 0. The van der Waals surface area contributed by atoms with E-state index in [1.165, 1.54) is 25.9 Å². The molecule has 0 spiro atoms. The van der Waals surface area contributed by atoms with E-state index >= 15 is 0 Å². The summed E-state index contributed by atoms with van der Waals surface area (Å²) < 4.78 is 5.51. The maximum Gasteiger partial charge on any atom is 0.252 e. The van der Waals surface area contributed by atoms with Crippen LogP contribution in [0.4, 0.5) is 0 Å². The Kier molecular flexibility index (Phi) is 5.60. The summed E-state index contributed by atoms with van der Waals surface area (Å²) in [6.45, 7) is 5.36. The van der Waals surface area contributed by atoms with E-state index in [9.17, 15) is 4.79 Å². The Labute approximate surface area is 116 Å². The number of likely N-dealkylation sites (N-methyl/N-ethyl adjacent to an activating group) is 1. The molecule has 19 heavy (non-hydrogen) atoms. The molecule has 110 valence electrons. The number of ether oxygens (including phenoxy) is 1. The number of likely N-dealkylation sites (tertiary alicyclic amines) is 1. The zero-order chi connectivity index (χ0) is 13.7. The van der Waals surface area contributed by atoms with Crippen molar-refractivity contribution >= 4 is 5.91 Å². The van der Waals surface area contributed by atoms with Gasteiger partial charge < -0.3 is 19.9 Å². The first-order valence-corrected chi connectivity index (χ1v) is 7.42. The van der Waals surface area contributed by atoms with Crippen molar-refractivity contribution in [3.05, 3.63) is 0 Å². The second-order valence-corrected chi connectivity index (χ2v) is 5.88. The van der Waals surface area contributed by atoms with E-state index in [1.54, 1.807) is 0 Å². The van der Waals surface area contributed by atoms with Crippen molar-refractivity contribution < 1.29 is 9.53 Å². The predicted molar refractivity (Wildman–Crippen MR) is 75.1 cm³/mol. The topological polar surface area (TPSA) is 44.8 Å². The van der Waals surface area contributed by atoms with Crippen LogP contribution in [0, 0.1) is 5.92 Å². The summed E-state index contributed by atoms with van der Waals surface area (Å²) in [5, 5.41) is 3.20. The van der Waals surface area contributed by atoms with Gasteiger partial charge in [0.25, 0.3) is 5.91 Å². The van der Waals surface area contributed by atoms with Crippen LogP contribution >= 0.6 is 0 Å². The zero-order valence-corrected chi connectivity index (χ0v) is 12.2. The minimum atomic E-state index is -0.284. The summed E-state index contributed by atoms with van der Waals surface area (Å²) in [6.07, 6.45) is 3.41. The minimum Gasteiger partial charge on any atom is -0.366 e. The maximum absolute atomic E-state index is 12.2. The predicted octanol–water partition coefficient (Wildman–Crippen LogP) is 0.165. The van der Waals surface area contributed by atoms with E-state index in [0.717, 1.165) is 25.4 Å². The molecular weight excluding hydrogens is 242 g/mol. The fourth-order valence-electron chi connectivity index (χ4n) is 2.97. The number of carbonyl (C=O) groups is 1. The molecular formula is C14H27N3O2. The molecule has 0 radical (unpaired) electrons. The molecule has 1 N–H and O–H groups in total. The molecule has 2 fully saturated rings. The van der Waals surface area contributed by atoms with Gasteiger partial charge in [-0.05, 0) is 38.8 Å². The van der Waals surface area contributed by atoms with Crippen LogP contribution in [0.1, 0.15) is 19.3 Å². The second kappa shape index (κ2) is 7.22. The van der Waals surface area contributed by atoms with E-state index in [-0.39, 0.29) is 12.0 Å². The van der Waals surface area contributed by atoms with Crippen LogP contribution in [0.3, 0.4) is 0 Å². The number of nitrogens with zero attached hydrogens (tertiary/aromatic N) is 2. The third-order valence-corrected chi connectivity index (χ3v) is 4.17. The number of morpholine rings is 1. The summed E-state index contributed by atoms with van der Waals surface area (Å²) in [4.78, 5) is 16.4. The fraction of sp³-hybridized carbons (Fsp3) is 0.929. The van der Waals surface area contributed by atoms with Gasteiger partial charge in [-0.1, -0.05) is 0 Å². The number of rotatable bonds is 4. The van der Waals surface area contributed by atoms with Crippen LogP contribution < -0.4 is 5.32 Å². The monoisotopic (exact) mass is 269 g/mol. The Morgan fingerprint density at radius 1 is 1.53 bits per heavy atom. The molecule has 1 amide bonds. The lowest BCUT2D eigenvalue weighted by Gasteiger charge is -2.32. The van der Waals surface area contributed by atoms with Gasteiger partial charge in [0.2, 0.25) is 0 Å². The van der Waals surface area contributed by atoms with Crippen molar-refractivity contribution in [2.75, 3.05) is 53.4 Å². The molecule has 0 aliphatic carbocycles. The van der Waals surface area contributed by atoms with Crippen LogP contribution in [-0.2, 0) is 9.53 Å². The van der Waals surface area contributed by atoms with Crippen molar-refractivity contribution in [2.45, 2.75) is 25.4 Å². The molecule has 2 atom stereocenters. The molecule has 2 rings (SSSR count). The van der Waals surface area contributed by atoms with Gasteiger partial charge in [-0.2, -0.15) is 0 Å². The van der Waals surface area contributed by atoms with E-state index in [0.29, 0.717) is 13.2 Å². The van der Waals surface area contributed by atoms with Crippen molar-refractivity contribution in [1.82, 2.24) is 15.1 Å². The molecule has 5 nitrogen and oxygen atoms in total. The molecule has 0 aromatic rings. The fourth-order valence-corrected chi connectivity index (χ4v) is 2.97. The van der Waals surface area contributed by atoms with Crippen LogP contribution in [0.5, 0.6) is 0 Å². The molecule has 2 unspecified atom stereocenters. The number of piperidine rings is 1. The van der Waals surface area contributed by atoms with Gasteiger partial charge in [0.1, 0.15) is 6.10 Å². The normalized spacial score (nSPS) is 29.2. The van der Waals surface area contributed by atoms with Crippen LogP contribution in [-0.4, -0.2) is 75.2 Å². The lowest BCUT2D eigenvalue weighted by atomic mass is 9.95. The first kappa shape index (κ1) is 14.8. The molecule has 0 aromatic heterocycles. The van der Waals surface area contributed by atoms with Gasteiger partial charge in [-0.25, -0.2) is 0 Å². The van der Waals surface area contributed by atoms with Gasteiger partial charge in [0.05, 0.1) is 6.61 Å². The first-order chi connectivity index (χ1) is 9.16. The van der Waals surface area contributed by atoms with Gasteiger partial charge in [-0.15, -0.1) is 0 Å². The number of nitrogens with one attached hydrogen (secondary N) is 1. The van der Waals surface area contributed by atoms with Crippen molar-refractivity contribution in [1.29, 1.82) is 0 Å². The molecule has 0 aromatic carbocycles. The highest BCUT2D eigenvalue weighted by Gasteiger charge is 2.25. The Balaban J connectivity index is 1.70. The van der Waals surface area contributed by atoms with Crippen molar-refractivity contribution in [2.24, 2.45) is 5.92 Å². The van der Waals surface area contributed by atoms with Crippen molar-refractivity contribution in [3.63, 3.8) is 0 Å². The lowest BCUT2D eigenvalue weighted by Crippen LogP contribution is -2.48. The Hall–Kier alpha value is -0.650. The van der Waals surface area contributed by atoms with Crippen LogP contribution in [0.25, 0.3) is 0 Å². The standard InChI is InChI=1S/C14H27N3O2/c1-16-7-3-4-12(11-16)5-8-17(2)14(18)13-10-15-6-9-19-13/h12-13,15H,3-11H2,1-2H3. The average molecular weight is 269 g/mol. The number of amides is 1. The molecule has 0 bridgehead atoms. The second-order valence-electron chi connectivity index (χ2n) is 5.88. The van der Waals surface area contributed by atoms with E-state index in [2.05, 4.69) is 17.3 Å². The highest BCUT2D eigenvalue weighted by molar-refractivity contribution is 5.81. The SMILES string of the molecule is CN1CCCC(CCN(C)C(=O)C2CNCCO2)C1. The maximum atomic E-state index is 12.2. The molecule has 2 aliphatic heterocycles. The van der Waals surface area contributed by atoms with E-state index in [1.807, 2.05) is 11.9 Å². The number of hydrogen-bond donors (Lipinski definition) is 1. The zero-order valence-electron chi connectivity index (χ0n) is 12.2. The highest BCUT2D eigenvalue weighted by atomic mass is 16.5. The molecule has 2 heterocycles. The van der Waals surface area contributed by atoms with Crippen LogP contribution in [0.2, 0.25) is 0 Å². The summed E-state index contributed by atoms with van der Waals surface area (Å²) in [7, 11) is 4.08. The lowest BCUT2D eigenvalue weighted by molar-refractivity contribution is -0.144. The van der Waals surface area contributed by atoms with E-state index in [4.69, 9.17) is 4.74 Å². The van der Waals surface area contributed by atoms with Crippen molar-refractivity contribution in [3.8, 4) is 0 Å². The van der Waals surface area contributed by atoms with Gasteiger partial charge in [0, 0.05) is 33.2 Å². The third kappa shape index (κ3) is 4.44. The van der Waals surface area contributed by atoms with Gasteiger partial charge >= 0.3 is 0 Å². The quantitative estimate of drug-likeness (QED) is 0.790. The Morgan fingerprint density at radius 2 is 2.37 bits per heavy atom. The molecule has 2 saturated heterocycles.